The van der Waals surface area contributed by atoms with Gasteiger partial charge in [0.2, 0.25) is 0 Å². The maximum Gasteiger partial charge on any atom is 0.338 e. The van der Waals surface area contributed by atoms with Crippen molar-refractivity contribution >= 4 is 16.7 Å². The van der Waals surface area contributed by atoms with Gasteiger partial charge >= 0.3 is 5.97 Å². The number of hydrogen-bond acceptors (Lipinski definition) is 3. The zero-order valence-electron chi connectivity index (χ0n) is 16.6. The van der Waals surface area contributed by atoms with E-state index in [-0.39, 0.29) is 0 Å². The molecular formula is C26H24O3. The van der Waals surface area contributed by atoms with Crippen LogP contribution in [0.4, 0.5) is 0 Å². The predicted molar refractivity (Wildman–Crippen MR) is 117 cm³/mol. The molecule has 3 aromatic carbocycles. The highest BCUT2D eigenvalue weighted by atomic mass is 16.5. The van der Waals surface area contributed by atoms with Crippen LogP contribution in [0.3, 0.4) is 0 Å². The van der Waals surface area contributed by atoms with E-state index < -0.39 is 5.97 Å². The van der Waals surface area contributed by atoms with Crippen LogP contribution in [0.5, 0.6) is 11.5 Å². The zero-order chi connectivity index (χ0) is 20.2. The van der Waals surface area contributed by atoms with Crippen molar-refractivity contribution in [2.75, 3.05) is 6.61 Å². The van der Waals surface area contributed by atoms with Crippen LogP contribution in [0.25, 0.3) is 10.8 Å². The second-order valence-electron chi connectivity index (χ2n) is 7.29. The highest BCUT2D eigenvalue weighted by molar-refractivity contribution is 5.99. The molecule has 0 N–H and O–H groups in total. The highest BCUT2D eigenvalue weighted by Crippen LogP contribution is 2.43. The molecule has 0 spiro atoms. The molecule has 29 heavy (non-hydrogen) atoms. The van der Waals surface area contributed by atoms with E-state index in [4.69, 9.17) is 9.47 Å². The van der Waals surface area contributed by atoms with E-state index in [0.29, 0.717) is 24.4 Å². The lowest BCUT2D eigenvalue weighted by Gasteiger charge is -2.23. The Morgan fingerprint density at radius 1 is 0.897 bits per heavy atom. The van der Waals surface area contributed by atoms with Crippen molar-refractivity contribution in [3.8, 4) is 11.5 Å². The molecule has 0 radical (unpaired) electrons. The molecule has 1 aliphatic carbocycles. The van der Waals surface area contributed by atoms with Gasteiger partial charge in [0.25, 0.3) is 0 Å². The first-order chi connectivity index (χ1) is 14.1. The molecule has 0 saturated heterocycles. The largest absolute Gasteiger partial charge is 0.492 e. The Hall–Kier alpha value is -3.33. The number of ether oxygens (including phenoxy) is 2. The minimum absolute atomic E-state index is 0.386. The molecule has 4 rings (SSSR count). The molecule has 0 bridgehead atoms. The minimum Gasteiger partial charge on any atom is -0.492 e. The van der Waals surface area contributed by atoms with Crippen molar-refractivity contribution in [3.63, 3.8) is 0 Å². The van der Waals surface area contributed by atoms with Crippen LogP contribution in [0, 0.1) is 0 Å². The number of carbonyl (C=O) groups excluding carboxylic acids is 1. The van der Waals surface area contributed by atoms with Crippen molar-refractivity contribution in [2.24, 2.45) is 0 Å². The molecular weight excluding hydrogens is 360 g/mol. The van der Waals surface area contributed by atoms with Gasteiger partial charge in [0, 0.05) is 33.9 Å². The van der Waals surface area contributed by atoms with Crippen LogP contribution in [-0.2, 0) is 24.1 Å². The molecule has 0 aliphatic heterocycles. The third kappa shape index (κ3) is 3.95. The number of rotatable bonds is 6. The summed E-state index contributed by atoms with van der Waals surface area (Å²) in [7, 11) is 0. The molecule has 0 amide bonds. The first-order valence-corrected chi connectivity index (χ1v) is 9.91. The SMILES string of the molecule is C=C(C)C(=O)Oc1c2c(c(OCCc3ccccc3)c3ccccc13)CC=CC2. The summed E-state index contributed by atoms with van der Waals surface area (Å²) in [5, 5.41) is 1.87. The van der Waals surface area contributed by atoms with Gasteiger partial charge in [-0.15, -0.1) is 0 Å². The molecule has 0 aromatic heterocycles. The topological polar surface area (TPSA) is 35.5 Å². The summed E-state index contributed by atoms with van der Waals surface area (Å²) in [4.78, 5) is 12.3. The number of benzene rings is 3. The highest BCUT2D eigenvalue weighted by Gasteiger charge is 2.23. The van der Waals surface area contributed by atoms with Gasteiger partial charge in [-0.3, -0.25) is 0 Å². The van der Waals surface area contributed by atoms with Crippen LogP contribution in [0.15, 0.2) is 78.9 Å². The minimum atomic E-state index is -0.398. The molecule has 0 saturated carbocycles. The van der Waals surface area contributed by atoms with Crippen molar-refractivity contribution in [1.82, 2.24) is 0 Å². The molecule has 3 nitrogen and oxygen atoms in total. The van der Waals surface area contributed by atoms with Crippen LogP contribution >= 0.6 is 0 Å². The smallest absolute Gasteiger partial charge is 0.338 e. The number of esters is 1. The number of hydrogen-bond donors (Lipinski definition) is 0. The summed E-state index contributed by atoms with van der Waals surface area (Å²) in [5.74, 6) is 1.12. The lowest BCUT2D eigenvalue weighted by Crippen LogP contribution is -2.13. The maximum absolute atomic E-state index is 12.3. The van der Waals surface area contributed by atoms with E-state index in [2.05, 4.69) is 30.9 Å². The number of allylic oxidation sites excluding steroid dienone is 2. The lowest BCUT2D eigenvalue weighted by molar-refractivity contribution is -0.130. The van der Waals surface area contributed by atoms with Gasteiger partial charge in [-0.2, -0.15) is 0 Å². The summed E-state index contributed by atoms with van der Waals surface area (Å²) in [5.41, 5.74) is 3.76. The van der Waals surface area contributed by atoms with Gasteiger partial charge in [-0.25, -0.2) is 4.79 Å². The fourth-order valence-corrected chi connectivity index (χ4v) is 3.69. The van der Waals surface area contributed by atoms with Crippen LogP contribution in [-0.4, -0.2) is 12.6 Å². The average molecular weight is 384 g/mol. The Morgan fingerprint density at radius 2 is 1.48 bits per heavy atom. The first kappa shape index (κ1) is 19.0. The molecule has 146 valence electrons. The van der Waals surface area contributed by atoms with E-state index in [1.54, 1.807) is 6.92 Å². The van der Waals surface area contributed by atoms with Crippen molar-refractivity contribution < 1.29 is 14.3 Å². The summed E-state index contributed by atoms with van der Waals surface area (Å²) < 4.78 is 12.1. The van der Waals surface area contributed by atoms with Crippen molar-refractivity contribution in [2.45, 2.75) is 26.2 Å². The van der Waals surface area contributed by atoms with Crippen molar-refractivity contribution in [3.05, 3.63) is 95.6 Å². The van der Waals surface area contributed by atoms with Gasteiger partial charge in [0.15, 0.2) is 0 Å². The van der Waals surface area contributed by atoms with Crippen LogP contribution in [0.2, 0.25) is 0 Å². The Kier molecular flexibility index (Phi) is 5.48. The lowest BCUT2D eigenvalue weighted by atomic mass is 9.90. The van der Waals surface area contributed by atoms with Gasteiger partial charge in [-0.1, -0.05) is 73.3 Å². The third-order valence-electron chi connectivity index (χ3n) is 5.16. The Bertz CT molecular complexity index is 1090. The molecule has 3 heteroatoms. The van der Waals surface area contributed by atoms with Gasteiger partial charge < -0.3 is 9.47 Å². The van der Waals surface area contributed by atoms with Crippen LogP contribution < -0.4 is 9.47 Å². The third-order valence-corrected chi connectivity index (χ3v) is 5.16. The zero-order valence-corrected chi connectivity index (χ0v) is 16.6. The average Bonchev–Trinajstić information content (AvgIpc) is 2.76. The monoisotopic (exact) mass is 384 g/mol. The van der Waals surface area contributed by atoms with Gasteiger partial charge in [0.05, 0.1) is 6.61 Å². The summed E-state index contributed by atoms with van der Waals surface area (Å²) >= 11 is 0. The Balaban J connectivity index is 1.75. The molecule has 3 aromatic rings. The van der Waals surface area contributed by atoms with E-state index in [9.17, 15) is 4.79 Å². The second kappa shape index (κ2) is 8.36. The second-order valence-corrected chi connectivity index (χ2v) is 7.29. The molecule has 1 aliphatic rings. The predicted octanol–water partition coefficient (Wildman–Crippen LogP) is 5.60. The quantitative estimate of drug-likeness (QED) is 0.240. The fourth-order valence-electron chi connectivity index (χ4n) is 3.69. The molecule has 0 atom stereocenters. The Morgan fingerprint density at radius 3 is 2.14 bits per heavy atom. The fraction of sp³-hybridized carbons (Fsp3) is 0.192. The van der Waals surface area contributed by atoms with Crippen LogP contribution in [0.1, 0.15) is 23.6 Å². The molecule has 0 unspecified atom stereocenters. The summed E-state index contributed by atoms with van der Waals surface area (Å²) in [6, 6.07) is 18.3. The first-order valence-electron chi connectivity index (χ1n) is 9.91. The van der Waals surface area contributed by atoms with E-state index >= 15 is 0 Å². The maximum atomic E-state index is 12.3. The van der Waals surface area contributed by atoms with E-state index in [0.717, 1.165) is 40.5 Å². The van der Waals surface area contributed by atoms with E-state index in [1.807, 2.05) is 42.5 Å². The number of carbonyl (C=O) groups is 1. The summed E-state index contributed by atoms with van der Waals surface area (Å²) in [6.07, 6.45) is 6.58. The molecule has 0 heterocycles. The standard InChI is InChI=1S/C26H24O3/c1-18(2)26(27)29-25-22-14-8-6-12-20(22)24(21-13-7-9-15-23(21)25)28-17-16-19-10-4-3-5-11-19/h3-12,14H,1,13,15-17H2,2H3. The van der Waals surface area contributed by atoms with E-state index in [1.165, 1.54) is 5.56 Å². The Labute approximate surface area is 171 Å². The van der Waals surface area contributed by atoms with Crippen molar-refractivity contribution in [1.29, 1.82) is 0 Å². The summed E-state index contributed by atoms with van der Waals surface area (Å²) in [6.45, 7) is 5.97. The normalized spacial score (nSPS) is 12.4. The number of fused-ring (bicyclic) bond motifs is 2. The van der Waals surface area contributed by atoms with Gasteiger partial charge in [0.1, 0.15) is 11.5 Å². The van der Waals surface area contributed by atoms with Gasteiger partial charge in [-0.05, 0) is 25.3 Å². The molecule has 0 fully saturated rings.